The number of halogens is 3. The van der Waals surface area contributed by atoms with Crippen molar-refractivity contribution in [3.05, 3.63) is 33.6 Å². The molecule has 1 heterocycles. The van der Waals surface area contributed by atoms with Gasteiger partial charge in [-0.15, -0.1) is 0 Å². The first-order valence-electron chi connectivity index (χ1n) is 7.26. The van der Waals surface area contributed by atoms with Crippen molar-refractivity contribution >= 4 is 40.9 Å². The Morgan fingerprint density at radius 2 is 2.22 bits per heavy atom. The number of nitrogens with zero attached hydrogens (tertiary/aromatic N) is 1. The molecule has 1 saturated heterocycles. The molecule has 2 atom stereocenters. The van der Waals surface area contributed by atoms with Crippen LogP contribution in [0.5, 0.6) is 0 Å². The van der Waals surface area contributed by atoms with E-state index in [1.165, 1.54) is 12.1 Å². The molecular weight excluding hydrogens is 360 g/mol. The second-order valence-corrected chi connectivity index (χ2v) is 7.53. The maximum absolute atomic E-state index is 13.6. The van der Waals surface area contributed by atoms with E-state index in [1.807, 2.05) is 6.92 Å². The van der Waals surface area contributed by atoms with E-state index >= 15 is 0 Å². The van der Waals surface area contributed by atoms with Gasteiger partial charge >= 0.3 is 0 Å². The number of rotatable bonds is 4. The van der Waals surface area contributed by atoms with E-state index in [9.17, 15) is 9.50 Å². The van der Waals surface area contributed by atoms with Crippen LogP contribution >= 0.6 is 35.0 Å². The summed E-state index contributed by atoms with van der Waals surface area (Å²) < 4.78 is 13.6. The molecule has 0 spiro atoms. The highest BCUT2D eigenvalue weighted by Crippen LogP contribution is 2.29. The van der Waals surface area contributed by atoms with Crippen LogP contribution in [0.1, 0.15) is 24.9 Å². The second-order valence-electron chi connectivity index (χ2n) is 5.61. The van der Waals surface area contributed by atoms with E-state index in [-0.39, 0.29) is 11.1 Å². The summed E-state index contributed by atoms with van der Waals surface area (Å²) in [5, 5.41) is 17.0. The number of nitrogens with one attached hydrogen (secondary N) is 2. The Kier molecular flexibility index (Phi) is 6.42. The normalized spacial score (nSPS) is 23.0. The van der Waals surface area contributed by atoms with E-state index < -0.39 is 11.4 Å². The van der Waals surface area contributed by atoms with Gasteiger partial charge in [0.2, 0.25) is 0 Å². The van der Waals surface area contributed by atoms with E-state index in [0.717, 1.165) is 12.2 Å². The van der Waals surface area contributed by atoms with Crippen LogP contribution in [-0.2, 0) is 0 Å². The van der Waals surface area contributed by atoms with Crippen LogP contribution < -0.4 is 10.6 Å². The average Bonchev–Trinajstić information content (AvgIpc) is 2.94. The smallest absolute Gasteiger partial charge is 0.191 e. The minimum Gasteiger partial charge on any atom is -0.387 e. The molecule has 0 aromatic heterocycles. The average molecular weight is 380 g/mol. The van der Waals surface area contributed by atoms with Crippen LogP contribution in [0.4, 0.5) is 4.39 Å². The molecule has 2 rings (SSSR count). The number of hydrogen-bond donors (Lipinski definition) is 3. The minimum atomic E-state index is -0.713. The zero-order valence-electron chi connectivity index (χ0n) is 13.0. The molecule has 0 saturated carbocycles. The molecule has 1 aliphatic heterocycles. The summed E-state index contributed by atoms with van der Waals surface area (Å²) in [6.45, 7) is 2.26. The van der Waals surface area contributed by atoms with E-state index in [0.29, 0.717) is 28.8 Å². The Bertz CT molecular complexity index is 594. The van der Waals surface area contributed by atoms with Crippen molar-refractivity contribution in [3.8, 4) is 0 Å². The number of benzene rings is 1. The van der Waals surface area contributed by atoms with Crippen LogP contribution in [0.15, 0.2) is 17.1 Å². The molecule has 23 heavy (non-hydrogen) atoms. The maximum atomic E-state index is 13.6. The van der Waals surface area contributed by atoms with Crippen LogP contribution in [0, 0.1) is 5.82 Å². The number of aliphatic imine (C=N–C) groups is 1. The molecule has 128 valence electrons. The summed E-state index contributed by atoms with van der Waals surface area (Å²) in [4.78, 5) is 4.13. The fourth-order valence-corrected chi connectivity index (χ4v) is 4.17. The van der Waals surface area contributed by atoms with Crippen LogP contribution in [0.2, 0.25) is 10.0 Å². The predicted molar refractivity (Wildman–Crippen MR) is 96.2 cm³/mol. The summed E-state index contributed by atoms with van der Waals surface area (Å²) in [5.41, 5.74) is -0.123. The lowest BCUT2D eigenvalue weighted by Crippen LogP contribution is -2.47. The molecule has 1 fully saturated rings. The van der Waals surface area contributed by atoms with Crippen molar-refractivity contribution in [3.63, 3.8) is 0 Å². The first-order valence-corrected chi connectivity index (χ1v) is 9.17. The van der Waals surface area contributed by atoms with Crippen molar-refractivity contribution in [2.45, 2.75) is 25.0 Å². The van der Waals surface area contributed by atoms with Gasteiger partial charge in [-0.2, -0.15) is 11.8 Å². The van der Waals surface area contributed by atoms with Crippen molar-refractivity contribution in [1.82, 2.24) is 10.6 Å². The lowest BCUT2D eigenvalue weighted by molar-refractivity contribution is 0.0724. The van der Waals surface area contributed by atoms with Gasteiger partial charge in [-0.05, 0) is 36.8 Å². The quantitative estimate of drug-likeness (QED) is 0.427. The topological polar surface area (TPSA) is 56.7 Å². The van der Waals surface area contributed by atoms with Crippen LogP contribution in [-0.4, -0.2) is 41.8 Å². The number of thioether (sulfide) groups is 1. The summed E-state index contributed by atoms with van der Waals surface area (Å²) in [7, 11) is 1.64. The third kappa shape index (κ3) is 4.89. The highest BCUT2D eigenvalue weighted by atomic mass is 35.5. The Balaban J connectivity index is 2.00. The molecule has 0 aliphatic carbocycles. The van der Waals surface area contributed by atoms with E-state index in [2.05, 4.69) is 15.6 Å². The van der Waals surface area contributed by atoms with Crippen molar-refractivity contribution < 1.29 is 9.50 Å². The van der Waals surface area contributed by atoms with Gasteiger partial charge in [0.1, 0.15) is 5.82 Å². The maximum Gasteiger partial charge on any atom is 0.191 e. The largest absolute Gasteiger partial charge is 0.387 e. The number of guanidine groups is 1. The zero-order chi connectivity index (χ0) is 17.0. The monoisotopic (exact) mass is 379 g/mol. The number of aliphatic hydroxyl groups is 1. The molecule has 1 aromatic rings. The SMILES string of the molecule is CN=C(NCC1(O)CCSC1)NC(C)c1cc(F)c(Cl)cc1Cl. The van der Waals surface area contributed by atoms with E-state index in [1.54, 1.807) is 18.8 Å². The standard InChI is InChI=1S/C15H20Cl2FN3OS/c1-9(10-5-13(18)12(17)6-11(10)16)21-14(19-2)20-7-15(22)3-4-23-8-15/h5-6,9,22H,3-4,7-8H2,1-2H3,(H2,19,20,21). The Labute approximate surface area is 149 Å². The molecule has 3 N–H and O–H groups in total. The molecule has 8 heteroatoms. The van der Waals surface area contributed by atoms with E-state index in [4.69, 9.17) is 23.2 Å². The van der Waals surface area contributed by atoms with Crippen molar-refractivity contribution in [2.75, 3.05) is 25.1 Å². The van der Waals surface area contributed by atoms with Gasteiger partial charge in [-0.1, -0.05) is 23.2 Å². The summed E-state index contributed by atoms with van der Waals surface area (Å²) in [6.07, 6.45) is 0.755. The molecule has 0 amide bonds. The fourth-order valence-electron chi connectivity index (χ4n) is 2.33. The molecule has 1 aromatic carbocycles. The molecule has 2 unspecified atom stereocenters. The molecule has 0 radical (unpaired) electrons. The van der Waals surface area contributed by atoms with Gasteiger partial charge in [0.15, 0.2) is 5.96 Å². The minimum absolute atomic E-state index is 0.00517. The first-order chi connectivity index (χ1) is 10.8. The number of hydrogen-bond acceptors (Lipinski definition) is 3. The van der Waals surface area contributed by atoms with Gasteiger partial charge < -0.3 is 15.7 Å². The van der Waals surface area contributed by atoms with Gasteiger partial charge in [0.25, 0.3) is 0 Å². The molecule has 1 aliphatic rings. The summed E-state index contributed by atoms with van der Waals surface area (Å²) in [5.74, 6) is 1.68. The van der Waals surface area contributed by atoms with Crippen molar-refractivity contribution in [1.29, 1.82) is 0 Å². The zero-order valence-corrected chi connectivity index (χ0v) is 15.3. The van der Waals surface area contributed by atoms with Gasteiger partial charge in [-0.3, -0.25) is 4.99 Å². The van der Waals surface area contributed by atoms with Crippen LogP contribution in [0.25, 0.3) is 0 Å². The summed E-state index contributed by atoms with van der Waals surface area (Å²) >= 11 is 13.6. The first kappa shape index (κ1) is 18.6. The Morgan fingerprint density at radius 1 is 1.48 bits per heavy atom. The fraction of sp³-hybridized carbons (Fsp3) is 0.533. The van der Waals surface area contributed by atoms with Crippen LogP contribution in [0.3, 0.4) is 0 Å². The summed E-state index contributed by atoms with van der Waals surface area (Å²) in [6, 6.07) is 2.44. The highest BCUT2D eigenvalue weighted by Gasteiger charge is 2.31. The van der Waals surface area contributed by atoms with Gasteiger partial charge in [0.05, 0.1) is 16.7 Å². The molecule has 0 bridgehead atoms. The molecular formula is C15H20Cl2FN3OS. The van der Waals surface area contributed by atoms with Gasteiger partial charge in [0, 0.05) is 24.4 Å². The third-order valence-corrected chi connectivity index (χ3v) is 5.60. The van der Waals surface area contributed by atoms with Crippen molar-refractivity contribution in [2.24, 2.45) is 4.99 Å². The second kappa shape index (κ2) is 7.92. The highest BCUT2D eigenvalue weighted by molar-refractivity contribution is 7.99. The lowest BCUT2D eigenvalue weighted by Gasteiger charge is -2.25. The molecule has 4 nitrogen and oxygen atoms in total. The third-order valence-electron chi connectivity index (χ3n) is 3.75. The lowest BCUT2D eigenvalue weighted by atomic mass is 10.0. The predicted octanol–water partition coefficient (Wildman–Crippen LogP) is 3.23. The Hall–Kier alpha value is -0.690. The Morgan fingerprint density at radius 3 is 2.83 bits per heavy atom. The van der Waals surface area contributed by atoms with Gasteiger partial charge in [-0.25, -0.2) is 4.39 Å².